The fourth-order valence-electron chi connectivity index (χ4n) is 0.734. The minimum Gasteiger partial charge on any atom is -0.446 e. The van der Waals surface area contributed by atoms with Gasteiger partial charge in [0, 0.05) is 6.07 Å². The molecule has 0 fully saturated rings. The highest BCUT2D eigenvalue weighted by Crippen LogP contribution is 2.19. The third-order valence-electron chi connectivity index (χ3n) is 1.42. The Labute approximate surface area is 76.7 Å². The van der Waals surface area contributed by atoms with Crippen molar-refractivity contribution < 1.29 is 13.9 Å². The van der Waals surface area contributed by atoms with Crippen molar-refractivity contribution in [2.45, 2.75) is 19.4 Å². The highest BCUT2D eigenvalue weighted by atomic mass is 16.6. The molecule has 0 atom stereocenters. The lowest BCUT2D eigenvalue weighted by atomic mass is 10.1. The monoisotopic (exact) mass is 178 g/mol. The summed E-state index contributed by atoms with van der Waals surface area (Å²) in [6.45, 7) is 3.46. The number of carbonyl (C=O) groups is 1. The second-order valence-corrected chi connectivity index (χ2v) is 3.03. The van der Waals surface area contributed by atoms with Gasteiger partial charge in [0.15, 0.2) is 17.6 Å². The van der Waals surface area contributed by atoms with Crippen LogP contribution in [0.15, 0.2) is 16.5 Å². The third kappa shape index (κ3) is 2.38. The second kappa shape index (κ2) is 3.36. The standard InChI is InChI=1S/C10H10O3/c1-4-10(2,3)13-9-6-5-8(7-11)12-9/h1,5-7H,2-3H3. The van der Waals surface area contributed by atoms with Gasteiger partial charge in [0.1, 0.15) is 0 Å². The maximum atomic E-state index is 10.3. The van der Waals surface area contributed by atoms with Gasteiger partial charge in [-0.25, -0.2) is 0 Å². The predicted octanol–water partition coefficient (Wildman–Crippen LogP) is 1.88. The van der Waals surface area contributed by atoms with Gasteiger partial charge in [-0.15, -0.1) is 6.42 Å². The Morgan fingerprint density at radius 3 is 2.77 bits per heavy atom. The Morgan fingerprint density at radius 2 is 2.31 bits per heavy atom. The molecule has 0 radical (unpaired) electrons. The van der Waals surface area contributed by atoms with E-state index >= 15 is 0 Å². The Balaban J connectivity index is 2.76. The molecule has 0 aliphatic carbocycles. The maximum Gasteiger partial charge on any atom is 0.286 e. The fourth-order valence-corrected chi connectivity index (χ4v) is 0.734. The highest BCUT2D eigenvalue weighted by molar-refractivity contribution is 5.70. The number of carbonyl (C=O) groups excluding carboxylic acids is 1. The van der Waals surface area contributed by atoms with E-state index in [1.807, 2.05) is 0 Å². The lowest BCUT2D eigenvalue weighted by molar-refractivity contribution is 0.105. The van der Waals surface area contributed by atoms with Gasteiger partial charge in [-0.1, -0.05) is 5.92 Å². The average Bonchev–Trinajstić information content (AvgIpc) is 2.52. The minimum absolute atomic E-state index is 0.225. The van der Waals surface area contributed by atoms with Crippen LogP contribution in [0.25, 0.3) is 0 Å². The van der Waals surface area contributed by atoms with Crippen molar-refractivity contribution in [2.24, 2.45) is 0 Å². The summed E-state index contributed by atoms with van der Waals surface area (Å²) >= 11 is 0. The minimum atomic E-state index is -0.724. The Hall–Kier alpha value is -1.69. The van der Waals surface area contributed by atoms with Crippen molar-refractivity contribution in [1.29, 1.82) is 0 Å². The van der Waals surface area contributed by atoms with Gasteiger partial charge in [-0.2, -0.15) is 0 Å². The zero-order chi connectivity index (χ0) is 9.90. The van der Waals surface area contributed by atoms with Gasteiger partial charge in [0.2, 0.25) is 0 Å². The van der Waals surface area contributed by atoms with Gasteiger partial charge >= 0.3 is 0 Å². The SMILES string of the molecule is C#CC(C)(C)Oc1ccc(C=O)o1. The van der Waals surface area contributed by atoms with E-state index in [2.05, 4.69) is 5.92 Å². The van der Waals surface area contributed by atoms with Gasteiger partial charge in [0.25, 0.3) is 5.95 Å². The zero-order valence-corrected chi connectivity index (χ0v) is 7.53. The van der Waals surface area contributed by atoms with Gasteiger partial charge in [-0.05, 0) is 19.9 Å². The molecule has 1 heterocycles. The summed E-state index contributed by atoms with van der Waals surface area (Å²) in [5.74, 6) is 2.93. The van der Waals surface area contributed by atoms with Gasteiger partial charge in [0.05, 0.1) is 0 Å². The van der Waals surface area contributed by atoms with Crippen LogP contribution >= 0.6 is 0 Å². The number of rotatable bonds is 3. The summed E-state index contributed by atoms with van der Waals surface area (Å²) in [4.78, 5) is 10.3. The number of hydrogen-bond donors (Lipinski definition) is 0. The van der Waals surface area contributed by atoms with Crippen molar-refractivity contribution in [3.05, 3.63) is 17.9 Å². The number of ether oxygens (including phenoxy) is 1. The van der Waals surface area contributed by atoms with Crippen LogP contribution in [0.3, 0.4) is 0 Å². The second-order valence-electron chi connectivity index (χ2n) is 3.03. The van der Waals surface area contributed by atoms with Crippen LogP contribution in [0.4, 0.5) is 0 Å². The molecule has 0 bridgehead atoms. The van der Waals surface area contributed by atoms with E-state index < -0.39 is 5.60 Å². The van der Waals surface area contributed by atoms with E-state index in [0.717, 1.165) is 0 Å². The molecule has 13 heavy (non-hydrogen) atoms. The Bertz CT molecular complexity index is 341. The summed E-state index contributed by atoms with van der Waals surface area (Å²) < 4.78 is 10.3. The molecule has 1 aromatic rings. The Morgan fingerprint density at radius 1 is 1.62 bits per heavy atom. The molecule has 3 heteroatoms. The van der Waals surface area contributed by atoms with E-state index in [1.54, 1.807) is 19.9 Å². The first-order valence-electron chi connectivity index (χ1n) is 3.79. The van der Waals surface area contributed by atoms with E-state index in [4.69, 9.17) is 15.6 Å². The molecule has 0 aliphatic heterocycles. The van der Waals surface area contributed by atoms with Crippen LogP contribution in [-0.4, -0.2) is 11.9 Å². The molecule has 0 N–H and O–H groups in total. The Kier molecular flexibility index (Phi) is 2.43. The molecule has 0 aromatic carbocycles. The molecule has 1 aromatic heterocycles. The molecule has 0 unspecified atom stereocenters. The molecular weight excluding hydrogens is 168 g/mol. The molecule has 68 valence electrons. The summed E-state index contributed by atoms with van der Waals surface area (Å²) in [5.41, 5.74) is -0.724. The molecular formula is C10H10O3. The molecule has 0 saturated heterocycles. The molecule has 3 nitrogen and oxygen atoms in total. The molecule has 0 saturated carbocycles. The highest BCUT2D eigenvalue weighted by Gasteiger charge is 2.17. The largest absolute Gasteiger partial charge is 0.446 e. The van der Waals surface area contributed by atoms with Crippen molar-refractivity contribution in [1.82, 2.24) is 0 Å². The number of aldehydes is 1. The van der Waals surface area contributed by atoms with Crippen LogP contribution in [0.2, 0.25) is 0 Å². The van der Waals surface area contributed by atoms with Crippen LogP contribution in [-0.2, 0) is 0 Å². The van der Waals surface area contributed by atoms with Crippen molar-refractivity contribution in [3.8, 4) is 18.3 Å². The molecule has 0 aliphatic rings. The smallest absolute Gasteiger partial charge is 0.286 e. The van der Waals surface area contributed by atoms with E-state index in [9.17, 15) is 4.79 Å². The van der Waals surface area contributed by atoms with Crippen LogP contribution in [0.1, 0.15) is 24.4 Å². The normalized spacial score (nSPS) is 10.5. The van der Waals surface area contributed by atoms with Crippen molar-refractivity contribution in [3.63, 3.8) is 0 Å². The number of hydrogen-bond acceptors (Lipinski definition) is 3. The van der Waals surface area contributed by atoms with Crippen LogP contribution in [0.5, 0.6) is 5.95 Å². The molecule has 0 spiro atoms. The predicted molar refractivity (Wildman–Crippen MR) is 47.6 cm³/mol. The summed E-state index contributed by atoms with van der Waals surface area (Å²) in [6, 6.07) is 3.08. The quantitative estimate of drug-likeness (QED) is 0.524. The van der Waals surface area contributed by atoms with E-state index in [0.29, 0.717) is 6.29 Å². The number of furan rings is 1. The average molecular weight is 178 g/mol. The summed E-state index contributed by atoms with van der Waals surface area (Å²) in [5, 5.41) is 0. The van der Waals surface area contributed by atoms with E-state index in [1.165, 1.54) is 6.07 Å². The lowest BCUT2D eigenvalue weighted by Gasteiger charge is -2.17. The maximum absolute atomic E-state index is 10.3. The van der Waals surface area contributed by atoms with Crippen LogP contribution < -0.4 is 4.74 Å². The molecule has 0 amide bonds. The summed E-state index contributed by atoms with van der Waals surface area (Å²) in [7, 11) is 0. The summed E-state index contributed by atoms with van der Waals surface area (Å²) in [6.07, 6.45) is 5.81. The lowest BCUT2D eigenvalue weighted by Crippen LogP contribution is -2.25. The van der Waals surface area contributed by atoms with Crippen molar-refractivity contribution in [2.75, 3.05) is 0 Å². The van der Waals surface area contributed by atoms with E-state index in [-0.39, 0.29) is 11.7 Å². The first-order valence-corrected chi connectivity index (χ1v) is 3.79. The van der Waals surface area contributed by atoms with Crippen LogP contribution in [0, 0.1) is 12.3 Å². The zero-order valence-electron chi connectivity index (χ0n) is 7.53. The topological polar surface area (TPSA) is 39.4 Å². The van der Waals surface area contributed by atoms with Crippen molar-refractivity contribution >= 4 is 6.29 Å². The third-order valence-corrected chi connectivity index (χ3v) is 1.42. The van der Waals surface area contributed by atoms with Gasteiger partial charge < -0.3 is 9.15 Å². The molecule has 1 rings (SSSR count). The van der Waals surface area contributed by atoms with Gasteiger partial charge in [-0.3, -0.25) is 4.79 Å². The first kappa shape index (κ1) is 9.40. The first-order chi connectivity index (χ1) is 6.07. The fraction of sp³-hybridized carbons (Fsp3) is 0.300. The number of terminal acetylenes is 1.